The van der Waals surface area contributed by atoms with Crippen LogP contribution in [0.1, 0.15) is 18.4 Å². The van der Waals surface area contributed by atoms with Gasteiger partial charge in [-0.25, -0.2) is 9.82 Å². The topological polar surface area (TPSA) is 90.8 Å². The van der Waals surface area contributed by atoms with Crippen molar-refractivity contribution in [2.45, 2.75) is 12.8 Å². The molecule has 0 saturated heterocycles. The predicted octanol–water partition coefficient (Wildman–Crippen LogP) is 3.05. The Morgan fingerprint density at radius 1 is 1.12 bits per heavy atom. The van der Waals surface area contributed by atoms with Crippen LogP contribution in [0, 0.1) is 5.82 Å². The van der Waals surface area contributed by atoms with Gasteiger partial charge in [-0.15, -0.1) is 0 Å². The van der Waals surface area contributed by atoms with E-state index in [9.17, 15) is 19.1 Å². The van der Waals surface area contributed by atoms with Gasteiger partial charge in [0.05, 0.1) is 6.21 Å². The van der Waals surface area contributed by atoms with Crippen molar-refractivity contribution < 1.29 is 19.1 Å². The van der Waals surface area contributed by atoms with Crippen LogP contribution >= 0.6 is 11.6 Å². The van der Waals surface area contributed by atoms with Crippen molar-refractivity contribution in [2.75, 3.05) is 5.32 Å². The molecule has 0 atom stereocenters. The van der Waals surface area contributed by atoms with Gasteiger partial charge in [-0.1, -0.05) is 11.6 Å². The minimum absolute atomic E-state index is 0.0268. The molecule has 0 heterocycles. The van der Waals surface area contributed by atoms with Gasteiger partial charge in [0.1, 0.15) is 11.6 Å². The second-order valence-corrected chi connectivity index (χ2v) is 5.49. The fourth-order valence-corrected chi connectivity index (χ4v) is 2.02. The van der Waals surface area contributed by atoms with Crippen molar-refractivity contribution in [1.29, 1.82) is 0 Å². The number of rotatable bonds is 6. The van der Waals surface area contributed by atoms with E-state index in [-0.39, 0.29) is 24.5 Å². The summed E-state index contributed by atoms with van der Waals surface area (Å²) in [5.74, 6) is -1.27. The fourth-order valence-electron chi connectivity index (χ4n) is 1.84. The number of phenols is 1. The second-order valence-electron chi connectivity index (χ2n) is 5.05. The first-order valence-electron chi connectivity index (χ1n) is 7.30. The molecule has 0 aliphatic carbocycles. The van der Waals surface area contributed by atoms with Crippen LogP contribution in [0.3, 0.4) is 0 Å². The van der Waals surface area contributed by atoms with Crippen LogP contribution in [0.25, 0.3) is 0 Å². The normalized spacial score (nSPS) is 10.6. The molecule has 2 aromatic carbocycles. The highest BCUT2D eigenvalue weighted by Crippen LogP contribution is 2.19. The Hall–Kier alpha value is -2.93. The summed E-state index contributed by atoms with van der Waals surface area (Å²) in [7, 11) is 0. The quantitative estimate of drug-likeness (QED) is 0.544. The highest BCUT2D eigenvalue weighted by Gasteiger charge is 2.07. The number of aromatic hydroxyl groups is 1. The molecule has 0 saturated carbocycles. The molecule has 2 rings (SSSR count). The van der Waals surface area contributed by atoms with Crippen LogP contribution in [0.5, 0.6) is 5.75 Å². The van der Waals surface area contributed by atoms with Gasteiger partial charge in [0.25, 0.3) is 0 Å². The van der Waals surface area contributed by atoms with Crippen molar-refractivity contribution >= 4 is 35.3 Å². The number of phenolic OH excluding ortho intramolecular Hbond substituents is 1. The van der Waals surface area contributed by atoms with Crippen molar-refractivity contribution in [3.05, 3.63) is 58.9 Å². The van der Waals surface area contributed by atoms with Gasteiger partial charge in [0.2, 0.25) is 11.8 Å². The fraction of sp³-hybridized carbons (Fsp3) is 0.118. The van der Waals surface area contributed by atoms with E-state index in [2.05, 4.69) is 15.8 Å². The SMILES string of the molecule is O=C(CCC(=O)Nc1ccc(F)cc1)NN=Cc1cc(Cl)ccc1O. The smallest absolute Gasteiger partial charge is 0.240 e. The van der Waals surface area contributed by atoms with E-state index >= 15 is 0 Å². The number of nitrogens with one attached hydrogen (secondary N) is 2. The van der Waals surface area contributed by atoms with Gasteiger partial charge in [0.15, 0.2) is 0 Å². The van der Waals surface area contributed by atoms with Crippen LogP contribution in [-0.4, -0.2) is 23.1 Å². The molecule has 130 valence electrons. The number of nitrogens with zero attached hydrogens (tertiary/aromatic N) is 1. The van der Waals surface area contributed by atoms with Crippen LogP contribution in [0.4, 0.5) is 10.1 Å². The van der Waals surface area contributed by atoms with Crippen molar-refractivity contribution in [2.24, 2.45) is 5.10 Å². The molecule has 0 aliphatic heterocycles. The lowest BCUT2D eigenvalue weighted by Gasteiger charge is -2.04. The van der Waals surface area contributed by atoms with E-state index in [0.29, 0.717) is 16.3 Å². The summed E-state index contributed by atoms with van der Waals surface area (Å²) < 4.78 is 12.8. The van der Waals surface area contributed by atoms with E-state index in [1.54, 1.807) is 0 Å². The molecule has 2 aromatic rings. The van der Waals surface area contributed by atoms with E-state index in [0.717, 1.165) is 0 Å². The molecule has 0 radical (unpaired) electrons. The van der Waals surface area contributed by atoms with Crippen molar-refractivity contribution in [3.63, 3.8) is 0 Å². The molecule has 25 heavy (non-hydrogen) atoms. The lowest BCUT2D eigenvalue weighted by Crippen LogP contribution is -2.20. The molecule has 0 fully saturated rings. The lowest BCUT2D eigenvalue weighted by atomic mass is 10.2. The highest BCUT2D eigenvalue weighted by atomic mass is 35.5. The Labute approximate surface area is 148 Å². The zero-order valence-corrected chi connectivity index (χ0v) is 13.8. The first-order chi connectivity index (χ1) is 11.9. The summed E-state index contributed by atoms with van der Waals surface area (Å²) in [6.07, 6.45) is 1.12. The van der Waals surface area contributed by atoms with Gasteiger partial charge in [0, 0.05) is 29.1 Å². The number of benzene rings is 2. The average Bonchev–Trinajstić information content (AvgIpc) is 2.58. The molecule has 6 nitrogen and oxygen atoms in total. The average molecular weight is 364 g/mol. The Kier molecular flexibility index (Phi) is 6.47. The number of amides is 2. The largest absolute Gasteiger partial charge is 0.507 e. The van der Waals surface area contributed by atoms with E-state index in [4.69, 9.17) is 11.6 Å². The molecule has 3 N–H and O–H groups in total. The molecule has 0 unspecified atom stereocenters. The van der Waals surface area contributed by atoms with Crippen LogP contribution in [-0.2, 0) is 9.59 Å². The van der Waals surface area contributed by atoms with E-state index < -0.39 is 11.7 Å². The first kappa shape index (κ1) is 18.4. The monoisotopic (exact) mass is 363 g/mol. The minimum atomic E-state index is -0.466. The second kappa shape index (κ2) is 8.79. The maximum Gasteiger partial charge on any atom is 0.240 e. The number of hydrogen-bond acceptors (Lipinski definition) is 4. The van der Waals surface area contributed by atoms with Crippen molar-refractivity contribution in [1.82, 2.24) is 5.43 Å². The summed E-state index contributed by atoms with van der Waals surface area (Å²) in [5, 5.41) is 16.3. The Morgan fingerprint density at radius 3 is 2.52 bits per heavy atom. The van der Waals surface area contributed by atoms with Gasteiger partial charge in [-0.2, -0.15) is 5.10 Å². The number of hydrazone groups is 1. The number of hydrogen-bond donors (Lipinski definition) is 3. The maximum absolute atomic E-state index is 12.8. The standard InChI is InChI=1S/C17H15ClFN3O3/c18-12-1-6-15(23)11(9-12)10-20-22-17(25)8-7-16(24)21-14-4-2-13(19)3-5-14/h1-6,9-10,23H,7-8H2,(H,21,24)(H,22,25). The minimum Gasteiger partial charge on any atom is -0.507 e. The molecule has 2 amide bonds. The zero-order chi connectivity index (χ0) is 18.2. The summed E-state index contributed by atoms with van der Waals surface area (Å²) in [4.78, 5) is 23.4. The molecular formula is C17H15ClFN3O3. The predicted molar refractivity (Wildman–Crippen MR) is 93.1 cm³/mol. The lowest BCUT2D eigenvalue weighted by molar-refractivity contribution is -0.124. The third kappa shape index (κ3) is 6.23. The number of anilines is 1. The summed E-state index contributed by atoms with van der Waals surface area (Å²) in [6, 6.07) is 9.72. The van der Waals surface area contributed by atoms with Crippen LogP contribution in [0.2, 0.25) is 5.02 Å². The van der Waals surface area contributed by atoms with Gasteiger partial charge < -0.3 is 10.4 Å². The van der Waals surface area contributed by atoms with Crippen LogP contribution in [0.15, 0.2) is 47.6 Å². The number of carbonyl (C=O) groups is 2. The Bertz CT molecular complexity index is 794. The zero-order valence-electron chi connectivity index (χ0n) is 13.0. The number of carbonyl (C=O) groups excluding carboxylic acids is 2. The summed E-state index contributed by atoms with van der Waals surface area (Å²) >= 11 is 5.79. The van der Waals surface area contributed by atoms with Crippen LogP contribution < -0.4 is 10.7 Å². The van der Waals surface area contributed by atoms with Gasteiger partial charge >= 0.3 is 0 Å². The molecule has 0 spiro atoms. The summed E-state index contributed by atoms with van der Waals surface area (Å²) in [6.45, 7) is 0. The molecule has 0 aromatic heterocycles. The molecule has 8 heteroatoms. The molecule has 0 aliphatic rings. The molecule has 0 bridgehead atoms. The van der Waals surface area contributed by atoms with Gasteiger partial charge in [-0.05, 0) is 42.5 Å². The first-order valence-corrected chi connectivity index (χ1v) is 7.67. The third-order valence-electron chi connectivity index (χ3n) is 3.09. The van der Waals surface area contributed by atoms with Gasteiger partial charge in [-0.3, -0.25) is 9.59 Å². The Balaban J connectivity index is 1.76. The molecular weight excluding hydrogens is 349 g/mol. The summed E-state index contributed by atoms with van der Waals surface area (Å²) in [5.41, 5.74) is 3.05. The Morgan fingerprint density at radius 2 is 1.80 bits per heavy atom. The third-order valence-corrected chi connectivity index (χ3v) is 3.32. The van der Waals surface area contributed by atoms with Crippen molar-refractivity contribution in [3.8, 4) is 5.75 Å². The van der Waals surface area contributed by atoms with E-state index in [1.165, 1.54) is 48.7 Å². The van der Waals surface area contributed by atoms with E-state index in [1.807, 2.05) is 0 Å². The highest BCUT2D eigenvalue weighted by molar-refractivity contribution is 6.30. The maximum atomic E-state index is 12.8. The number of halogens is 2.